The number of hydrogen-bond donors (Lipinski definition) is 2. The normalized spacial score (nSPS) is 14.4. The highest BCUT2D eigenvalue weighted by atomic mass is 19.4. The third kappa shape index (κ3) is 5.44. The van der Waals surface area contributed by atoms with Crippen LogP contribution in [0.5, 0.6) is 5.75 Å². The monoisotopic (exact) mass is 520 g/mol. The van der Waals surface area contributed by atoms with Gasteiger partial charge in [-0.3, -0.25) is 14.6 Å². The van der Waals surface area contributed by atoms with E-state index < -0.39 is 17.6 Å². The smallest absolute Gasteiger partial charge is 0.417 e. The number of hydrogen-bond acceptors (Lipinski definition) is 5. The van der Waals surface area contributed by atoms with Crippen molar-refractivity contribution >= 4 is 28.4 Å². The average molecular weight is 521 g/mol. The number of pyridine rings is 2. The highest BCUT2D eigenvalue weighted by molar-refractivity contribution is 6.04. The summed E-state index contributed by atoms with van der Waals surface area (Å²) in [5, 5.41) is 13.1. The van der Waals surface area contributed by atoms with E-state index in [1.54, 1.807) is 41.3 Å². The van der Waals surface area contributed by atoms with Crippen molar-refractivity contribution in [2.45, 2.75) is 24.9 Å². The van der Waals surface area contributed by atoms with Crippen LogP contribution in [0.3, 0.4) is 0 Å². The van der Waals surface area contributed by atoms with Crippen molar-refractivity contribution in [2.24, 2.45) is 0 Å². The molecule has 1 fully saturated rings. The van der Waals surface area contributed by atoms with Crippen LogP contribution in [-0.2, 0) is 6.18 Å². The molecule has 3 heterocycles. The summed E-state index contributed by atoms with van der Waals surface area (Å²) in [6.07, 6.45) is -1.35. The lowest BCUT2D eigenvalue weighted by Crippen LogP contribution is -2.38. The number of aromatic nitrogens is 2. The van der Waals surface area contributed by atoms with Crippen LogP contribution in [0.25, 0.3) is 10.9 Å². The maximum atomic E-state index is 13.0. The number of carbonyl (C=O) groups excluding carboxylic acids is 2. The summed E-state index contributed by atoms with van der Waals surface area (Å²) in [6, 6.07) is 16.3. The summed E-state index contributed by atoms with van der Waals surface area (Å²) in [5.74, 6) is -0.508. The standard InChI is InChI=1S/C28H23F3N4O3/c29-28(30,31)21-13-20(15-32-16-21)27(38)35-11-9-18(10-12-35)17-1-4-22(5-2-17)33-26(37)25-7-3-19-14-23(36)6-8-24(19)34-25/h1-8,13-16,18,36H,9-12H2,(H,33,37). The Morgan fingerprint density at radius 1 is 0.947 bits per heavy atom. The van der Waals surface area contributed by atoms with Gasteiger partial charge < -0.3 is 15.3 Å². The van der Waals surface area contributed by atoms with Gasteiger partial charge in [-0.05, 0) is 66.8 Å². The van der Waals surface area contributed by atoms with Crippen molar-refractivity contribution in [3.63, 3.8) is 0 Å². The molecule has 1 aliphatic rings. The number of piperidine rings is 1. The van der Waals surface area contributed by atoms with Gasteiger partial charge in [0, 0.05) is 36.6 Å². The van der Waals surface area contributed by atoms with E-state index in [0.717, 1.165) is 23.2 Å². The molecule has 7 nitrogen and oxygen atoms in total. The van der Waals surface area contributed by atoms with E-state index in [1.165, 1.54) is 6.07 Å². The third-order valence-electron chi connectivity index (χ3n) is 6.64. The van der Waals surface area contributed by atoms with E-state index in [4.69, 9.17) is 0 Å². The second-order valence-electron chi connectivity index (χ2n) is 9.18. The summed E-state index contributed by atoms with van der Waals surface area (Å²) in [6.45, 7) is 0.841. The number of aromatic hydroxyl groups is 1. The minimum atomic E-state index is -4.56. The molecule has 5 rings (SSSR count). The number of phenols is 1. The van der Waals surface area contributed by atoms with Gasteiger partial charge in [0.1, 0.15) is 11.4 Å². The number of benzene rings is 2. The Morgan fingerprint density at radius 2 is 1.68 bits per heavy atom. The molecule has 0 spiro atoms. The summed E-state index contributed by atoms with van der Waals surface area (Å²) >= 11 is 0. The average Bonchev–Trinajstić information content (AvgIpc) is 2.92. The molecule has 2 aromatic carbocycles. The number of alkyl halides is 3. The molecule has 0 bridgehead atoms. The summed E-state index contributed by atoms with van der Waals surface area (Å²) < 4.78 is 38.9. The molecule has 1 aliphatic heterocycles. The fraction of sp³-hybridized carbons (Fsp3) is 0.214. The van der Waals surface area contributed by atoms with Gasteiger partial charge in [0.05, 0.1) is 16.6 Å². The maximum Gasteiger partial charge on any atom is 0.417 e. The Bertz CT molecular complexity index is 1500. The first kappa shape index (κ1) is 25.2. The minimum absolute atomic E-state index is 0.0718. The van der Waals surface area contributed by atoms with Crippen molar-refractivity contribution in [1.82, 2.24) is 14.9 Å². The molecule has 4 aromatic rings. The first-order valence-electron chi connectivity index (χ1n) is 12.0. The quantitative estimate of drug-likeness (QED) is 0.364. The molecule has 2 amide bonds. The molecule has 0 aliphatic carbocycles. The van der Waals surface area contributed by atoms with Crippen molar-refractivity contribution in [2.75, 3.05) is 18.4 Å². The van der Waals surface area contributed by atoms with E-state index in [0.29, 0.717) is 43.3 Å². The molecule has 2 N–H and O–H groups in total. The van der Waals surface area contributed by atoms with E-state index in [-0.39, 0.29) is 28.8 Å². The molecule has 0 radical (unpaired) electrons. The van der Waals surface area contributed by atoms with E-state index in [1.807, 2.05) is 12.1 Å². The molecular formula is C28H23F3N4O3. The van der Waals surface area contributed by atoms with Crippen molar-refractivity contribution in [3.05, 3.63) is 95.4 Å². The van der Waals surface area contributed by atoms with Gasteiger partial charge in [0.2, 0.25) is 0 Å². The first-order valence-corrected chi connectivity index (χ1v) is 12.0. The van der Waals surface area contributed by atoms with Crippen LogP contribution in [0.2, 0.25) is 0 Å². The Kier molecular flexibility index (Phi) is 6.71. The highest BCUT2D eigenvalue weighted by Crippen LogP contribution is 2.31. The van der Waals surface area contributed by atoms with E-state index in [9.17, 15) is 27.9 Å². The topological polar surface area (TPSA) is 95.4 Å². The van der Waals surface area contributed by atoms with Crippen LogP contribution < -0.4 is 5.32 Å². The van der Waals surface area contributed by atoms with Crippen LogP contribution >= 0.6 is 0 Å². The molecule has 194 valence electrons. The number of carbonyl (C=O) groups is 2. The Balaban J connectivity index is 1.18. The first-order chi connectivity index (χ1) is 18.2. The second-order valence-corrected chi connectivity index (χ2v) is 9.18. The third-order valence-corrected chi connectivity index (χ3v) is 6.64. The molecule has 2 aromatic heterocycles. The molecule has 1 saturated heterocycles. The Morgan fingerprint density at radius 3 is 2.39 bits per heavy atom. The van der Waals surface area contributed by atoms with Crippen molar-refractivity contribution in [3.8, 4) is 5.75 Å². The molecular weight excluding hydrogens is 497 g/mol. The summed E-state index contributed by atoms with van der Waals surface area (Å²) in [4.78, 5) is 34.9. The lowest BCUT2D eigenvalue weighted by atomic mass is 9.89. The highest BCUT2D eigenvalue weighted by Gasteiger charge is 2.32. The number of halogens is 3. The maximum absolute atomic E-state index is 13.0. The predicted molar refractivity (Wildman–Crippen MR) is 135 cm³/mol. The van der Waals surface area contributed by atoms with Crippen LogP contribution in [-0.4, -0.2) is 44.9 Å². The number of amides is 2. The second kappa shape index (κ2) is 10.1. The zero-order valence-corrected chi connectivity index (χ0v) is 20.1. The number of anilines is 1. The number of phenolic OH excluding ortho intramolecular Hbond substituents is 1. The van der Waals surface area contributed by atoms with E-state index >= 15 is 0 Å². The van der Waals surface area contributed by atoms with Crippen LogP contribution in [0.4, 0.5) is 18.9 Å². The number of nitrogens with one attached hydrogen (secondary N) is 1. The fourth-order valence-electron chi connectivity index (χ4n) is 4.58. The number of rotatable bonds is 4. The largest absolute Gasteiger partial charge is 0.508 e. The predicted octanol–water partition coefficient (Wildman–Crippen LogP) is 5.63. The number of likely N-dealkylation sites (tertiary alicyclic amines) is 1. The van der Waals surface area contributed by atoms with Gasteiger partial charge in [-0.2, -0.15) is 13.2 Å². The lowest BCUT2D eigenvalue weighted by molar-refractivity contribution is -0.137. The van der Waals surface area contributed by atoms with E-state index in [2.05, 4.69) is 15.3 Å². The Labute approximate surface area is 216 Å². The zero-order chi connectivity index (χ0) is 26.9. The molecule has 0 saturated carbocycles. The summed E-state index contributed by atoms with van der Waals surface area (Å²) in [5.41, 5.74) is 1.50. The zero-order valence-electron chi connectivity index (χ0n) is 20.1. The van der Waals surface area contributed by atoms with Crippen molar-refractivity contribution in [1.29, 1.82) is 0 Å². The van der Waals surface area contributed by atoms with Gasteiger partial charge >= 0.3 is 6.18 Å². The SMILES string of the molecule is O=C(Nc1ccc(C2CCN(C(=O)c3cncc(C(F)(F)F)c3)CC2)cc1)c1ccc2cc(O)ccc2n1. The van der Waals surface area contributed by atoms with Crippen LogP contribution in [0.1, 0.15) is 50.7 Å². The van der Waals surface area contributed by atoms with Gasteiger partial charge in [-0.1, -0.05) is 18.2 Å². The van der Waals surface area contributed by atoms with Gasteiger partial charge in [0.25, 0.3) is 11.8 Å². The number of fused-ring (bicyclic) bond motifs is 1. The molecule has 38 heavy (non-hydrogen) atoms. The van der Waals surface area contributed by atoms with Gasteiger partial charge in [-0.25, -0.2) is 4.98 Å². The summed E-state index contributed by atoms with van der Waals surface area (Å²) in [7, 11) is 0. The number of nitrogens with zero attached hydrogens (tertiary/aromatic N) is 3. The molecule has 0 atom stereocenters. The Hall–Kier alpha value is -4.47. The minimum Gasteiger partial charge on any atom is -0.508 e. The fourth-order valence-corrected chi connectivity index (χ4v) is 4.58. The van der Waals surface area contributed by atoms with Crippen LogP contribution in [0.15, 0.2) is 73.1 Å². The lowest BCUT2D eigenvalue weighted by Gasteiger charge is -2.32. The van der Waals surface area contributed by atoms with Gasteiger partial charge in [-0.15, -0.1) is 0 Å². The molecule has 0 unspecified atom stereocenters. The van der Waals surface area contributed by atoms with Crippen molar-refractivity contribution < 1.29 is 27.9 Å². The van der Waals surface area contributed by atoms with Crippen LogP contribution in [0, 0.1) is 0 Å². The van der Waals surface area contributed by atoms with Gasteiger partial charge in [0.15, 0.2) is 0 Å². The molecule has 10 heteroatoms.